The zero-order valence-corrected chi connectivity index (χ0v) is 28.9. The van der Waals surface area contributed by atoms with Gasteiger partial charge < -0.3 is 83.5 Å². The monoisotopic (exact) mass is 754 g/mol. The van der Waals surface area contributed by atoms with E-state index in [9.17, 15) is 50.4 Å². The van der Waals surface area contributed by atoms with Gasteiger partial charge in [0.25, 0.3) is 0 Å². The summed E-state index contributed by atoms with van der Waals surface area (Å²) in [5, 5.41) is 82.3. The van der Waals surface area contributed by atoms with Crippen molar-refractivity contribution in [3.8, 4) is 34.5 Å². The van der Waals surface area contributed by atoms with Crippen LogP contribution in [-0.2, 0) is 33.3 Å². The third-order valence-electron chi connectivity index (χ3n) is 8.23. The first kappa shape index (κ1) is 41.1. The molecule has 2 aliphatic heterocycles. The summed E-state index contributed by atoms with van der Waals surface area (Å²) >= 11 is 0. The molecular formula is C34H42O19. The second-order valence-corrected chi connectivity index (χ2v) is 11.6. The summed E-state index contributed by atoms with van der Waals surface area (Å²) in [6.07, 6.45) is -12.9. The Bertz CT molecular complexity index is 1570. The van der Waals surface area contributed by atoms with Gasteiger partial charge in [-0.25, -0.2) is 9.59 Å². The topological polar surface area (TPSA) is 279 Å². The number of phenols is 2. The number of hydrogen-bond donors (Lipinski definition) is 8. The molecule has 10 atom stereocenters. The highest BCUT2D eigenvalue weighted by Crippen LogP contribution is 2.38. The lowest BCUT2D eigenvalue weighted by molar-refractivity contribution is -0.327. The average Bonchev–Trinajstić information content (AvgIpc) is 3.15. The smallest absolute Gasteiger partial charge is 0.333 e. The number of carbonyl (C=O) groups excluding carboxylic acids is 2. The van der Waals surface area contributed by atoms with Crippen molar-refractivity contribution in [1.29, 1.82) is 0 Å². The van der Waals surface area contributed by atoms with Crippen LogP contribution < -0.4 is 18.9 Å². The zero-order valence-electron chi connectivity index (χ0n) is 28.9. The van der Waals surface area contributed by atoms with Crippen LogP contribution >= 0.6 is 0 Å². The summed E-state index contributed by atoms with van der Waals surface area (Å²) < 4.78 is 47.7. The molecule has 2 aromatic rings. The molecule has 0 aromatic heterocycles. The van der Waals surface area contributed by atoms with Crippen molar-refractivity contribution in [3.63, 3.8) is 0 Å². The van der Waals surface area contributed by atoms with E-state index >= 15 is 0 Å². The third kappa shape index (κ3) is 9.65. The van der Waals surface area contributed by atoms with Crippen molar-refractivity contribution in [3.05, 3.63) is 47.5 Å². The maximum atomic E-state index is 13.0. The van der Waals surface area contributed by atoms with Crippen LogP contribution in [0.5, 0.6) is 34.5 Å². The molecule has 2 aromatic carbocycles. The Labute approximate surface area is 302 Å². The average molecular weight is 755 g/mol. The van der Waals surface area contributed by atoms with Gasteiger partial charge in [0, 0.05) is 12.2 Å². The summed E-state index contributed by atoms with van der Waals surface area (Å²) in [5.74, 6) is -2.58. The fourth-order valence-electron chi connectivity index (χ4n) is 5.33. The summed E-state index contributed by atoms with van der Waals surface area (Å²) in [5.41, 5.74) is 0.657. The second-order valence-electron chi connectivity index (χ2n) is 11.6. The van der Waals surface area contributed by atoms with E-state index in [2.05, 4.69) is 0 Å². The Morgan fingerprint density at radius 3 is 1.51 bits per heavy atom. The molecule has 53 heavy (non-hydrogen) atoms. The van der Waals surface area contributed by atoms with E-state index in [-0.39, 0.29) is 34.5 Å². The molecular weight excluding hydrogens is 712 g/mol. The predicted molar refractivity (Wildman–Crippen MR) is 177 cm³/mol. The number of benzene rings is 2. The molecule has 2 aliphatic rings. The lowest BCUT2D eigenvalue weighted by Crippen LogP contribution is -2.62. The highest BCUT2D eigenvalue weighted by molar-refractivity contribution is 5.88. The third-order valence-corrected chi connectivity index (χ3v) is 8.23. The van der Waals surface area contributed by atoms with Crippen LogP contribution in [0.25, 0.3) is 12.2 Å². The molecule has 2 heterocycles. The molecule has 19 heteroatoms. The van der Waals surface area contributed by atoms with Crippen LogP contribution in [0.1, 0.15) is 11.1 Å². The molecule has 0 aliphatic carbocycles. The Morgan fingerprint density at radius 2 is 1.06 bits per heavy atom. The fraction of sp³-hybridized carbons (Fsp3) is 0.471. The van der Waals surface area contributed by atoms with Crippen LogP contribution in [0, 0.1) is 0 Å². The number of aliphatic hydroxyl groups is 6. The van der Waals surface area contributed by atoms with Crippen LogP contribution in [0.15, 0.2) is 36.4 Å². The number of methoxy groups -OCH3 is 4. The largest absolute Gasteiger partial charge is 0.502 e. The number of phenolic OH excluding ortho intramolecular Hbond substituents is 2. The number of esters is 2. The molecule has 0 radical (unpaired) electrons. The lowest BCUT2D eigenvalue weighted by Gasteiger charge is -2.43. The van der Waals surface area contributed by atoms with Crippen molar-refractivity contribution in [2.75, 3.05) is 41.7 Å². The normalized spacial score (nSPS) is 28.8. The minimum absolute atomic E-state index is 0.0385. The van der Waals surface area contributed by atoms with Gasteiger partial charge in [0.15, 0.2) is 35.4 Å². The van der Waals surface area contributed by atoms with Gasteiger partial charge >= 0.3 is 11.9 Å². The lowest BCUT2D eigenvalue weighted by atomic mass is 9.98. The fourth-order valence-corrected chi connectivity index (χ4v) is 5.33. The van der Waals surface area contributed by atoms with Gasteiger partial charge in [0.2, 0.25) is 17.8 Å². The van der Waals surface area contributed by atoms with E-state index in [4.69, 9.17) is 42.6 Å². The maximum Gasteiger partial charge on any atom is 0.333 e. The van der Waals surface area contributed by atoms with Gasteiger partial charge in [-0.05, 0) is 47.5 Å². The van der Waals surface area contributed by atoms with Crippen molar-refractivity contribution in [2.45, 2.75) is 61.4 Å². The van der Waals surface area contributed by atoms with E-state index in [1.165, 1.54) is 64.9 Å². The van der Waals surface area contributed by atoms with Gasteiger partial charge in [0.1, 0.15) is 42.7 Å². The standard InChI is InChI=1S/C34H42O19/c1-45-17-9-15(10-18(46-2)25(17)38)5-7-23(36)52-32-30(43)28(41)22(14-49-33-31(44)29(42)27(40)21(13-35)50-33)51-34(32)53-24(37)8-6-16-11-19(47-3)26(39)20(12-16)48-4/h5-12,21-22,27-35,38-44H,13-14H2,1-4H3/b7-5+,8-6+/t21-,22-,27-,28-,29+,30+,31-,32-,33-,34?/m1/s1. The summed E-state index contributed by atoms with van der Waals surface area (Å²) in [6.45, 7) is -1.42. The van der Waals surface area contributed by atoms with Crippen molar-refractivity contribution in [2.24, 2.45) is 0 Å². The van der Waals surface area contributed by atoms with Crippen molar-refractivity contribution >= 4 is 24.1 Å². The first-order chi connectivity index (χ1) is 25.3. The predicted octanol–water partition coefficient (Wildman–Crippen LogP) is -1.42. The minimum atomic E-state index is -1.97. The molecule has 0 spiro atoms. The molecule has 292 valence electrons. The van der Waals surface area contributed by atoms with Gasteiger partial charge in [0.05, 0.1) is 41.7 Å². The highest BCUT2D eigenvalue weighted by atomic mass is 16.7. The number of carbonyl (C=O) groups is 2. The van der Waals surface area contributed by atoms with E-state index in [0.29, 0.717) is 11.1 Å². The van der Waals surface area contributed by atoms with Crippen molar-refractivity contribution < 1.29 is 93.1 Å². The molecule has 4 rings (SSSR count). The van der Waals surface area contributed by atoms with E-state index in [1.54, 1.807) is 0 Å². The molecule has 0 saturated carbocycles. The van der Waals surface area contributed by atoms with Crippen LogP contribution in [0.4, 0.5) is 0 Å². The summed E-state index contributed by atoms with van der Waals surface area (Å²) in [4.78, 5) is 26.0. The Hall–Kier alpha value is -4.70. The minimum Gasteiger partial charge on any atom is -0.502 e. The molecule has 0 bridgehead atoms. The van der Waals surface area contributed by atoms with Gasteiger partial charge in [-0.2, -0.15) is 0 Å². The first-order valence-electron chi connectivity index (χ1n) is 15.9. The van der Waals surface area contributed by atoms with E-state index < -0.39 is 86.6 Å². The number of rotatable bonds is 14. The van der Waals surface area contributed by atoms with E-state index in [0.717, 1.165) is 12.2 Å². The van der Waals surface area contributed by atoms with Gasteiger partial charge in [-0.3, -0.25) is 0 Å². The molecule has 8 N–H and O–H groups in total. The van der Waals surface area contributed by atoms with Gasteiger partial charge in [-0.1, -0.05) is 0 Å². The number of hydrogen-bond acceptors (Lipinski definition) is 19. The Balaban J connectivity index is 1.55. The maximum absolute atomic E-state index is 13.0. The van der Waals surface area contributed by atoms with Gasteiger partial charge in [-0.15, -0.1) is 0 Å². The first-order valence-corrected chi connectivity index (χ1v) is 15.9. The summed E-state index contributed by atoms with van der Waals surface area (Å²) in [6, 6.07) is 5.56. The molecule has 1 unspecified atom stereocenters. The molecule has 19 nitrogen and oxygen atoms in total. The molecule has 0 amide bonds. The van der Waals surface area contributed by atoms with Crippen LogP contribution in [0.2, 0.25) is 0 Å². The SMILES string of the molecule is COc1cc(/C=C/C(=O)OC2O[C@H](CO[C@@H]3O[C@H](CO)[C@@H](O)[C@H](O)[C@H]3O)[C@@H](O)[C@H](O)[C@H]2OC(=O)/C=C/c2cc(OC)c(O)c(OC)c2)cc(OC)c1O. The van der Waals surface area contributed by atoms with Crippen LogP contribution in [-0.4, -0.2) is 156 Å². The highest BCUT2D eigenvalue weighted by Gasteiger charge is 2.50. The summed E-state index contributed by atoms with van der Waals surface area (Å²) in [7, 11) is 5.23. The van der Waals surface area contributed by atoms with Crippen molar-refractivity contribution in [1.82, 2.24) is 0 Å². The molecule has 2 saturated heterocycles. The quantitative estimate of drug-likeness (QED) is 0.0811. The van der Waals surface area contributed by atoms with E-state index in [1.807, 2.05) is 0 Å². The molecule has 2 fully saturated rings. The zero-order chi connectivity index (χ0) is 39.0. The Morgan fingerprint density at radius 1 is 0.623 bits per heavy atom. The second kappa shape index (κ2) is 18.4. The number of aromatic hydroxyl groups is 2. The van der Waals surface area contributed by atoms with Crippen LogP contribution in [0.3, 0.4) is 0 Å². The number of ether oxygens (including phenoxy) is 9. The number of aliphatic hydroxyl groups excluding tert-OH is 6. The Kier molecular flexibility index (Phi) is 14.2.